The zero-order valence-corrected chi connectivity index (χ0v) is 19.5. The molecule has 2 N–H and O–H groups in total. The Hall–Kier alpha value is -3.06. The van der Waals surface area contributed by atoms with Gasteiger partial charge in [0.1, 0.15) is 5.75 Å². The van der Waals surface area contributed by atoms with Crippen molar-refractivity contribution in [2.24, 2.45) is 5.92 Å². The van der Waals surface area contributed by atoms with Gasteiger partial charge in [0.25, 0.3) is 0 Å². The van der Waals surface area contributed by atoms with E-state index in [1.165, 1.54) is 25.7 Å². The SMILES string of the molecule is CS(=O)(=O)Nc1ccc2cc(-c3cc(CCC(=O)O)ccc3OCC3CCCC3)ccc2c1. The molecule has 0 aromatic heterocycles. The van der Waals surface area contributed by atoms with E-state index in [1.807, 2.05) is 36.4 Å². The quantitative estimate of drug-likeness (QED) is 0.436. The van der Waals surface area contributed by atoms with Crippen LogP contribution in [-0.2, 0) is 21.2 Å². The van der Waals surface area contributed by atoms with Crippen LogP contribution in [0.15, 0.2) is 54.6 Å². The predicted molar refractivity (Wildman–Crippen MR) is 131 cm³/mol. The third kappa shape index (κ3) is 6.26. The fraction of sp³-hybridized carbons (Fsp3) is 0.346. The van der Waals surface area contributed by atoms with E-state index >= 15 is 0 Å². The van der Waals surface area contributed by atoms with Crippen molar-refractivity contribution in [3.05, 3.63) is 60.2 Å². The number of sulfonamides is 1. The Balaban J connectivity index is 1.66. The number of hydrogen-bond donors (Lipinski definition) is 2. The minimum Gasteiger partial charge on any atom is -0.493 e. The number of benzene rings is 3. The number of anilines is 1. The van der Waals surface area contributed by atoms with Crippen molar-refractivity contribution in [3.8, 4) is 16.9 Å². The number of aliphatic carboxylic acids is 1. The summed E-state index contributed by atoms with van der Waals surface area (Å²) < 4.78 is 31.8. The van der Waals surface area contributed by atoms with Crippen LogP contribution in [0.5, 0.6) is 5.75 Å². The molecule has 6 nitrogen and oxygen atoms in total. The molecule has 1 aliphatic rings. The second kappa shape index (κ2) is 9.83. The molecule has 174 valence electrons. The Morgan fingerprint density at radius 3 is 2.48 bits per heavy atom. The first kappa shape index (κ1) is 23.1. The Bertz CT molecular complexity index is 1260. The van der Waals surface area contributed by atoms with Crippen molar-refractivity contribution in [1.29, 1.82) is 0 Å². The molecule has 7 heteroatoms. The monoisotopic (exact) mass is 467 g/mol. The first-order valence-electron chi connectivity index (χ1n) is 11.3. The summed E-state index contributed by atoms with van der Waals surface area (Å²) in [5.41, 5.74) is 3.39. The van der Waals surface area contributed by atoms with Crippen LogP contribution >= 0.6 is 0 Å². The highest BCUT2D eigenvalue weighted by Gasteiger charge is 2.17. The molecule has 1 fully saturated rings. The third-order valence-electron chi connectivity index (χ3n) is 6.08. The molecule has 1 saturated carbocycles. The number of ether oxygens (including phenoxy) is 1. The highest BCUT2D eigenvalue weighted by atomic mass is 32.2. The van der Waals surface area contributed by atoms with Crippen LogP contribution in [0.1, 0.15) is 37.7 Å². The summed E-state index contributed by atoms with van der Waals surface area (Å²) in [7, 11) is -3.34. The van der Waals surface area contributed by atoms with Crippen LogP contribution < -0.4 is 9.46 Å². The lowest BCUT2D eigenvalue weighted by atomic mass is 9.97. The number of nitrogens with one attached hydrogen (secondary N) is 1. The lowest BCUT2D eigenvalue weighted by Gasteiger charge is -2.17. The van der Waals surface area contributed by atoms with Gasteiger partial charge in [-0.3, -0.25) is 9.52 Å². The minimum absolute atomic E-state index is 0.0789. The smallest absolute Gasteiger partial charge is 0.303 e. The van der Waals surface area contributed by atoms with Gasteiger partial charge in [0.15, 0.2) is 0 Å². The Labute approximate surface area is 194 Å². The van der Waals surface area contributed by atoms with Crippen molar-refractivity contribution < 1.29 is 23.1 Å². The molecule has 0 unspecified atom stereocenters. The molecule has 3 aromatic carbocycles. The normalized spacial score (nSPS) is 14.5. The first-order chi connectivity index (χ1) is 15.8. The highest BCUT2D eigenvalue weighted by Crippen LogP contribution is 2.35. The van der Waals surface area contributed by atoms with Crippen molar-refractivity contribution >= 4 is 32.5 Å². The van der Waals surface area contributed by atoms with E-state index in [4.69, 9.17) is 9.84 Å². The molecule has 0 aliphatic heterocycles. The lowest BCUT2D eigenvalue weighted by Crippen LogP contribution is -2.09. The van der Waals surface area contributed by atoms with Gasteiger partial charge in [0.2, 0.25) is 10.0 Å². The van der Waals surface area contributed by atoms with Crippen LogP contribution in [0.25, 0.3) is 21.9 Å². The van der Waals surface area contributed by atoms with E-state index in [0.29, 0.717) is 24.6 Å². The first-order valence-corrected chi connectivity index (χ1v) is 13.2. The Morgan fingerprint density at radius 1 is 1.03 bits per heavy atom. The summed E-state index contributed by atoms with van der Waals surface area (Å²) in [4.78, 5) is 11.0. The zero-order chi connectivity index (χ0) is 23.4. The second-order valence-corrected chi connectivity index (χ2v) is 10.6. The van der Waals surface area contributed by atoms with E-state index in [1.54, 1.807) is 12.1 Å². The summed E-state index contributed by atoms with van der Waals surface area (Å²) in [6, 6.07) is 17.4. The van der Waals surface area contributed by atoms with Gasteiger partial charge in [-0.1, -0.05) is 37.1 Å². The lowest BCUT2D eigenvalue weighted by molar-refractivity contribution is -0.136. The summed E-state index contributed by atoms with van der Waals surface area (Å²) in [5.74, 6) is 0.569. The molecular weight excluding hydrogens is 438 g/mol. The molecule has 0 spiro atoms. The van der Waals surface area contributed by atoms with Crippen molar-refractivity contribution in [2.75, 3.05) is 17.6 Å². The molecule has 1 aliphatic carbocycles. The molecule has 0 saturated heterocycles. The number of hydrogen-bond acceptors (Lipinski definition) is 4. The van der Waals surface area contributed by atoms with Gasteiger partial charge in [-0.15, -0.1) is 0 Å². The van der Waals surface area contributed by atoms with Crippen LogP contribution in [0.4, 0.5) is 5.69 Å². The average Bonchev–Trinajstić information content (AvgIpc) is 3.29. The molecule has 0 heterocycles. The van der Waals surface area contributed by atoms with Gasteiger partial charge in [-0.2, -0.15) is 0 Å². The van der Waals surface area contributed by atoms with Crippen molar-refractivity contribution in [2.45, 2.75) is 38.5 Å². The summed E-state index contributed by atoms with van der Waals surface area (Å²) in [6.07, 6.45) is 6.59. The zero-order valence-electron chi connectivity index (χ0n) is 18.7. The van der Waals surface area contributed by atoms with Gasteiger partial charge in [-0.05, 0) is 77.4 Å². The summed E-state index contributed by atoms with van der Waals surface area (Å²) >= 11 is 0. The number of rotatable bonds is 9. The Kier molecular flexibility index (Phi) is 6.88. The van der Waals surface area contributed by atoms with Gasteiger partial charge in [0.05, 0.1) is 12.9 Å². The highest BCUT2D eigenvalue weighted by molar-refractivity contribution is 7.92. The number of carboxylic acids is 1. The molecule has 0 atom stereocenters. The fourth-order valence-corrected chi connectivity index (χ4v) is 4.97. The molecule has 3 aromatic rings. The number of carboxylic acid groups (broad SMARTS) is 1. The summed E-state index contributed by atoms with van der Waals surface area (Å²) in [5, 5.41) is 11.0. The number of carbonyl (C=O) groups is 1. The molecule has 4 rings (SSSR count). The minimum atomic E-state index is -3.34. The maximum atomic E-state index is 11.5. The predicted octanol–water partition coefficient (Wildman–Crippen LogP) is 5.46. The van der Waals surface area contributed by atoms with Gasteiger partial charge in [0, 0.05) is 17.7 Å². The van der Waals surface area contributed by atoms with Gasteiger partial charge < -0.3 is 9.84 Å². The van der Waals surface area contributed by atoms with Crippen LogP contribution in [-0.4, -0.2) is 32.4 Å². The van der Waals surface area contributed by atoms with Crippen molar-refractivity contribution in [3.63, 3.8) is 0 Å². The van der Waals surface area contributed by atoms with Crippen LogP contribution in [0.3, 0.4) is 0 Å². The van der Waals surface area contributed by atoms with Crippen LogP contribution in [0.2, 0.25) is 0 Å². The van der Waals surface area contributed by atoms with E-state index < -0.39 is 16.0 Å². The van der Waals surface area contributed by atoms with Crippen molar-refractivity contribution in [1.82, 2.24) is 0 Å². The van der Waals surface area contributed by atoms with Crippen LogP contribution in [0, 0.1) is 5.92 Å². The Morgan fingerprint density at radius 2 is 1.76 bits per heavy atom. The number of fused-ring (bicyclic) bond motifs is 1. The largest absolute Gasteiger partial charge is 0.493 e. The maximum absolute atomic E-state index is 11.5. The van der Waals surface area contributed by atoms with E-state index in [9.17, 15) is 13.2 Å². The van der Waals surface area contributed by atoms with Gasteiger partial charge in [-0.25, -0.2) is 8.42 Å². The maximum Gasteiger partial charge on any atom is 0.303 e. The fourth-order valence-electron chi connectivity index (χ4n) is 4.41. The van der Waals surface area contributed by atoms with E-state index in [0.717, 1.165) is 39.5 Å². The molecule has 0 radical (unpaired) electrons. The average molecular weight is 468 g/mol. The van der Waals surface area contributed by atoms with Gasteiger partial charge >= 0.3 is 5.97 Å². The molecule has 0 amide bonds. The second-order valence-electron chi connectivity index (χ2n) is 8.84. The topological polar surface area (TPSA) is 92.7 Å². The van der Waals surface area contributed by atoms with E-state index in [-0.39, 0.29) is 6.42 Å². The standard InChI is InChI=1S/C26H29NO5S/c1-33(30,31)27-23-11-10-20-15-22(9-8-21(20)16-23)24-14-18(7-13-26(28)29)6-12-25(24)32-17-19-4-2-3-5-19/h6,8-12,14-16,19,27H,2-5,7,13,17H2,1H3,(H,28,29). The summed E-state index contributed by atoms with van der Waals surface area (Å²) in [6.45, 7) is 0.690. The number of aryl methyl sites for hydroxylation is 1. The van der Waals surface area contributed by atoms with E-state index in [2.05, 4.69) is 10.8 Å². The molecular formula is C26H29NO5S. The molecule has 33 heavy (non-hydrogen) atoms. The third-order valence-corrected chi connectivity index (χ3v) is 6.68. The molecule has 0 bridgehead atoms.